The van der Waals surface area contributed by atoms with Gasteiger partial charge in [0.25, 0.3) is 5.91 Å². The summed E-state index contributed by atoms with van der Waals surface area (Å²) in [6.07, 6.45) is 3.13. The lowest BCUT2D eigenvalue weighted by Crippen LogP contribution is -2.11. The molecule has 0 atom stereocenters. The second kappa shape index (κ2) is 8.16. The van der Waals surface area contributed by atoms with E-state index in [1.807, 2.05) is 30.3 Å². The molecule has 0 fully saturated rings. The fourth-order valence-electron chi connectivity index (χ4n) is 3.41. The average Bonchev–Trinajstić information content (AvgIpc) is 3.42. The highest BCUT2D eigenvalue weighted by atomic mass is 32.1. The standard InChI is InChI=1S/C22H18N6O3S/c1-30-15-8-13-14(9-16(15)31-2)26-19-18(13)20(25-11-24-19)27-17-10-23-22(32-17)28-21(29)12-6-4-3-5-7-12/h3-11H,1-2H3,(H,23,28,29)(H2,24,25,26,27). The Morgan fingerprint density at radius 2 is 1.81 bits per heavy atom. The fourth-order valence-corrected chi connectivity index (χ4v) is 4.12. The van der Waals surface area contributed by atoms with Crippen molar-refractivity contribution in [2.75, 3.05) is 24.9 Å². The predicted octanol–water partition coefficient (Wildman–Crippen LogP) is 4.58. The first-order valence-electron chi connectivity index (χ1n) is 9.64. The van der Waals surface area contributed by atoms with Crippen molar-refractivity contribution in [3.05, 3.63) is 60.6 Å². The highest BCUT2D eigenvalue weighted by Crippen LogP contribution is 2.38. The van der Waals surface area contributed by atoms with E-state index in [1.54, 1.807) is 32.5 Å². The summed E-state index contributed by atoms with van der Waals surface area (Å²) in [6.45, 7) is 0. The van der Waals surface area contributed by atoms with Gasteiger partial charge in [-0.2, -0.15) is 0 Å². The number of anilines is 3. The molecule has 0 saturated carbocycles. The third-order valence-electron chi connectivity index (χ3n) is 4.90. The lowest BCUT2D eigenvalue weighted by molar-refractivity contribution is 0.102. The number of aromatic amines is 1. The van der Waals surface area contributed by atoms with Crippen molar-refractivity contribution in [3.63, 3.8) is 0 Å². The van der Waals surface area contributed by atoms with Gasteiger partial charge in [-0.1, -0.05) is 29.5 Å². The van der Waals surface area contributed by atoms with Crippen LogP contribution in [0.4, 0.5) is 16.0 Å². The molecule has 32 heavy (non-hydrogen) atoms. The van der Waals surface area contributed by atoms with Crippen LogP contribution in [0.1, 0.15) is 10.4 Å². The molecule has 5 rings (SSSR count). The molecule has 0 saturated heterocycles. The second-order valence-corrected chi connectivity index (χ2v) is 7.83. The molecule has 1 amide bonds. The minimum Gasteiger partial charge on any atom is -0.493 e. The van der Waals surface area contributed by atoms with Crippen molar-refractivity contribution in [1.29, 1.82) is 0 Å². The van der Waals surface area contributed by atoms with Crippen molar-refractivity contribution in [1.82, 2.24) is 19.9 Å². The normalized spacial score (nSPS) is 10.9. The van der Waals surface area contributed by atoms with Gasteiger partial charge in [0.05, 0.1) is 31.3 Å². The Morgan fingerprint density at radius 1 is 1.03 bits per heavy atom. The molecule has 160 valence electrons. The maximum atomic E-state index is 12.4. The fraction of sp³-hybridized carbons (Fsp3) is 0.0909. The maximum absolute atomic E-state index is 12.4. The van der Waals surface area contributed by atoms with Crippen LogP contribution in [0.15, 0.2) is 55.0 Å². The molecule has 3 heterocycles. The van der Waals surface area contributed by atoms with Crippen molar-refractivity contribution in [2.24, 2.45) is 0 Å². The Labute approximate surface area is 186 Å². The molecule has 9 nitrogen and oxygen atoms in total. The van der Waals surface area contributed by atoms with Gasteiger partial charge in [-0.3, -0.25) is 10.1 Å². The number of rotatable bonds is 6. The first-order valence-corrected chi connectivity index (χ1v) is 10.5. The van der Waals surface area contributed by atoms with Gasteiger partial charge in [0.1, 0.15) is 22.8 Å². The maximum Gasteiger partial charge on any atom is 0.257 e. The number of hydrogen-bond acceptors (Lipinski definition) is 8. The largest absolute Gasteiger partial charge is 0.493 e. The van der Waals surface area contributed by atoms with Crippen LogP contribution in [-0.2, 0) is 0 Å². The molecule has 0 aliphatic carbocycles. The highest BCUT2D eigenvalue weighted by Gasteiger charge is 2.16. The lowest BCUT2D eigenvalue weighted by Gasteiger charge is -2.08. The van der Waals surface area contributed by atoms with Crippen LogP contribution in [0.2, 0.25) is 0 Å². The Hall–Kier alpha value is -4.18. The number of nitrogens with one attached hydrogen (secondary N) is 3. The van der Waals surface area contributed by atoms with Crippen LogP contribution in [-0.4, -0.2) is 40.1 Å². The number of amides is 1. The minimum atomic E-state index is -0.214. The molecule has 0 aliphatic heterocycles. The summed E-state index contributed by atoms with van der Waals surface area (Å²) >= 11 is 1.31. The van der Waals surface area contributed by atoms with Gasteiger partial charge in [-0.05, 0) is 18.2 Å². The number of methoxy groups -OCH3 is 2. The second-order valence-electron chi connectivity index (χ2n) is 6.80. The van der Waals surface area contributed by atoms with Gasteiger partial charge in [0, 0.05) is 17.0 Å². The Morgan fingerprint density at radius 3 is 2.59 bits per heavy atom. The Bertz CT molecular complexity index is 1430. The number of thiazole rings is 1. The van der Waals surface area contributed by atoms with Crippen molar-refractivity contribution in [3.8, 4) is 11.5 Å². The van der Waals surface area contributed by atoms with E-state index in [9.17, 15) is 4.79 Å². The van der Waals surface area contributed by atoms with E-state index in [-0.39, 0.29) is 5.91 Å². The minimum absolute atomic E-state index is 0.214. The number of hydrogen-bond donors (Lipinski definition) is 3. The van der Waals surface area contributed by atoms with E-state index in [0.29, 0.717) is 33.7 Å². The third-order valence-corrected chi connectivity index (χ3v) is 5.73. The summed E-state index contributed by atoms with van der Waals surface area (Å²) in [5.74, 6) is 1.63. The monoisotopic (exact) mass is 446 g/mol. The molecular weight excluding hydrogens is 428 g/mol. The van der Waals surface area contributed by atoms with Crippen LogP contribution < -0.4 is 20.1 Å². The van der Waals surface area contributed by atoms with Crippen LogP contribution in [0.3, 0.4) is 0 Å². The van der Waals surface area contributed by atoms with E-state index in [1.165, 1.54) is 17.7 Å². The Balaban J connectivity index is 1.46. The summed E-state index contributed by atoms with van der Waals surface area (Å²) in [7, 11) is 3.19. The number of carbonyl (C=O) groups is 1. The van der Waals surface area contributed by atoms with Crippen LogP contribution in [0.25, 0.3) is 21.9 Å². The van der Waals surface area contributed by atoms with Gasteiger partial charge in [0.15, 0.2) is 16.6 Å². The van der Waals surface area contributed by atoms with Crippen molar-refractivity contribution in [2.45, 2.75) is 0 Å². The first kappa shape index (κ1) is 19.8. The molecule has 0 unspecified atom stereocenters. The zero-order chi connectivity index (χ0) is 22.1. The third kappa shape index (κ3) is 3.56. The number of aromatic nitrogens is 4. The molecule has 10 heteroatoms. The lowest BCUT2D eigenvalue weighted by atomic mass is 10.2. The topological polar surface area (TPSA) is 114 Å². The van der Waals surface area contributed by atoms with Gasteiger partial charge in [-0.25, -0.2) is 15.0 Å². The molecule has 3 aromatic heterocycles. The van der Waals surface area contributed by atoms with Crippen LogP contribution in [0, 0.1) is 0 Å². The number of carbonyl (C=O) groups excluding carboxylic acids is 1. The Kier molecular flexibility index (Phi) is 5.04. The smallest absolute Gasteiger partial charge is 0.257 e. The van der Waals surface area contributed by atoms with Crippen LogP contribution in [0.5, 0.6) is 11.5 Å². The average molecular weight is 446 g/mol. The summed E-state index contributed by atoms with van der Waals surface area (Å²) in [4.78, 5) is 28.7. The van der Waals surface area contributed by atoms with Gasteiger partial charge < -0.3 is 19.8 Å². The van der Waals surface area contributed by atoms with Crippen molar-refractivity contribution < 1.29 is 14.3 Å². The quantitative estimate of drug-likeness (QED) is 0.350. The summed E-state index contributed by atoms with van der Waals surface area (Å²) < 4.78 is 10.8. The summed E-state index contributed by atoms with van der Waals surface area (Å²) in [5, 5.41) is 9.01. The molecule has 0 aliphatic rings. The number of ether oxygens (including phenoxy) is 2. The highest BCUT2D eigenvalue weighted by molar-refractivity contribution is 7.19. The molecule has 2 aromatic carbocycles. The summed E-state index contributed by atoms with van der Waals surface area (Å²) in [5.41, 5.74) is 2.09. The number of nitrogens with zero attached hydrogens (tertiary/aromatic N) is 3. The molecule has 5 aromatic rings. The molecule has 0 spiro atoms. The van der Waals surface area contributed by atoms with E-state index < -0.39 is 0 Å². The molecule has 3 N–H and O–H groups in total. The molecule has 0 radical (unpaired) electrons. The van der Waals surface area contributed by atoms with E-state index in [2.05, 4.69) is 30.6 Å². The predicted molar refractivity (Wildman–Crippen MR) is 124 cm³/mol. The number of fused-ring (bicyclic) bond motifs is 3. The summed E-state index contributed by atoms with van der Waals surface area (Å²) in [6, 6.07) is 12.7. The molecule has 0 bridgehead atoms. The number of H-pyrrole nitrogens is 1. The zero-order valence-electron chi connectivity index (χ0n) is 17.2. The first-order chi connectivity index (χ1) is 15.7. The van der Waals surface area contributed by atoms with E-state index in [0.717, 1.165) is 21.3 Å². The molecular formula is C22H18N6O3S. The van der Waals surface area contributed by atoms with Gasteiger partial charge in [0.2, 0.25) is 0 Å². The van der Waals surface area contributed by atoms with E-state index >= 15 is 0 Å². The van der Waals surface area contributed by atoms with Gasteiger partial charge in [-0.15, -0.1) is 0 Å². The zero-order valence-corrected chi connectivity index (χ0v) is 18.0. The van der Waals surface area contributed by atoms with Gasteiger partial charge >= 0.3 is 0 Å². The SMILES string of the molecule is COc1cc2[nH]c3ncnc(Nc4cnc(NC(=O)c5ccccc5)s4)c3c2cc1OC. The van der Waals surface area contributed by atoms with Crippen LogP contribution >= 0.6 is 11.3 Å². The van der Waals surface area contributed by atoms with Crippen molar-refractivity contribution >= 4 is 55.1 Å². The van der Waals surface area contributed by atoms with E-state index in [4.69, 9.17) is 9.47 Å². The number of benzene rings is 2.